The first-order valence-electron chi connectivity index (χ1n) is 8.96. The van der Waals surface area contributed by atoms with Crippen molar-refractivity contribution in [2.75, 3.05) is 6.54 Å². The number of hydrogen-bond acceptors (Lipinski definition) is 3. The van der Waals surface area contributed by atoms with E-state index < -0.39 is 0 Å². The molecule has 1 aromatic carbocycles. The fraction of sp³-hybridized carbons (Fsp3) is 0.400. The summed E-state index contributed by atoms with van der Waals surface area (Å²) in [7, 11) is 1.96. The van der Waals surface area contributed by atoms with Crippen LogP contribution in [0.15, 0.2) is 41.3 Å². The summed E-state index contributed by atoms with van der Waals surface area (Å²) in [6, 6.07) is 10.2. The van der Waals surface area contributed by atoms with Gasteiger partial charge >= 0.3 is 0 Å². The van der Waals surface area contributed by atoms with E-state index in [0.717, 1.165) is 47.4 Å². The molecule has 0 saturated carbocycles. The minimum absolute atomic E-state index is 0.0962. The second kappa shape index (κ2) is 6.48. The average Bonchev–Trinajstić information content (AvgIpc) is 3.02. The van der Waals surface area contributed by atoms with Gasteiger partial charge in [-0.2, -0.15) is 5.10 Å². The Balaban J connectivity index is 1.64. The topological polar surface area (TPSA) is 53.9 Å². The summed E-state index contributed by atoms with van der Waals surface area (Å²) in [6.07, 6.45) is 5.54. The number of nitrogens with zero attached hydrogens (tertiary/aromatic N) is 3. The summed E-state index contributed by atoms with van der Waals surface area (Å²) in [5.41, 5.74) is 4.22. The maximum atomic E-state index is 12.5. The van der Waals surface area contributed by atoms with Crippen LogP contribution in [0.4, 0.5) is 0 Å². The van der Waals surface area contributed by atoms with E-state index in [1.54, 1.807) is 6.07 Å². The number of fused-ring (bicyclic) bond motifs is 1. The van der Waals surface area contributed by atoms with Crippen LogP contribution in [-0.4, -0.2) is 26.2 Å². The maximum absolute atomic E-state index is 12.5. The van der Waals surface area contributed by atoms with Crippen LogP contribution in [0.5, 0.6) is 0 Å². The Morgan fingerprint density at radius 3 is 2.92 bits per heavy atom. The molecule has 5 nitrogen and oxygen atoms in total. The van der Waals surface area contributed by atoms with Crippen molar-refractivity contribution in [3.63, 3.8) is 0 Å². The molecule has 4 rings (SSSR count). The minimum Gasteiger partial charge on any atom is -0.357 e. The smallest absolute Gasteiger partial charge is 0.189 e. The first kappa shape index (κ1) is 16.1. The molecule has 1 atom stereocenters. The molecule has 0 unspecified atom stereocenters. The lowest BCUT2D eigenvalue weighted by Crippen LogP contribution is -2.33. The highest BCUT2D eigenvalue weighted by Crippen LogP contribution is 2.30. The normalized spacial score (nSPS) is 18.7. The molecule has 3 aromatic rings. The van der Waals surface area contributed by atoms with E-state index in [4.69, 9.17) is 0 Å². The summed E-state index contributed by atoms with van der Waals surface area (Å²) in [5.74, 6) is 0. The molecule has 5 heteroatoms. The molecule has 0 bridgehead atoms. The van der Waals surface area contributed by atoms with Crippen molar-refractivity contribution in [2.45, 2.75) is 38.8 Å². The molecular weight excluding hydrogens is 312 g/mol. The Morgan fingerprint density at radius 1 is 1.24 bits per heavy atom. The van der Waals surface area contributed by atoms with Crippen LogP contribution < -0.4 is 5.43 Å². The zero-order valence-electron chi connectivity index (χ0n) is 14.8. The van der Waals surface area contributed by atoms with Crippen LogP contribution in [0, 0.1) is 6.92 Å². The molecule has 1 fully saturated rings. The van der Waals surface area contributed by atoms with E-state index in [1.165, 1.54) is 12.8 Å². The van der Waals surface area contributed by atoms with Gasteiger partial charge in [0.1, 0.15) is 0 Å². The second-order valence-corrected chi connectivity index (χ2v) is 7.10. The number of rotatable bonds is 3. The molecule has 0 radical (unpaired) electrons. The number of likely N-dealkylation sites (tertiary alicyclic amines) is 1. The average molecular weight is 336 g/mol. The third-order valence-electron chi connectivity index (χ3n) is 5.10. The molecule has 1 saturated heterocycles. The lowest BCUT2D eigenvalue weighted by molar-refractivity contribution is 0.135. The van der Waals surface area contributed by atoms with E-state index in [9.17, 15) is 4.79 Å². The van der Waals surface area contributed by atoms with Gasteiger partial charge in [-0.1, -0.05) is 18.1 Å². The summed E-state index contributed by atoms with van der Waals surface area (Å²) >= 11 is 0. The van der Waals surface area contributed by atoms with E-state index >= 15 is 0 Å². The number of benzene rings is 1. The number of pyridine rings is 1. The van der Waals surface area contributed by atoms with Gasteiger partial charge in [0.25, 0.3) is 0 Å². The molecule has 1 aliphatic rings. The first-order valence-corrected chi connectivity index (χ1v) is 8.96. The van der Waals surface area contributed by atoms with Crippen molar-refractivity contribution >= 4 is 10.9 Å². The van der Waals surface area contributed by atoms with Gasteiger partial charge in [0, 0.05) is 42.5 Å². The lowest BCUT2D eigenvalue weighted by Gasteiger charge is -2.34. The fourth-order valence-corrected chi connectivity index (χ4v) is 3.85. The molecule has 0 amide bonds. The summed E-state index contributed by atoms with van der Waals surface area (Å²) in [6.45, 7) is 3.80. The molecule has 1 aliphatic heterocycles. The van der Waals surface area contributed by atoms with Crippen LogP contribution >= 0.6 is 0 Å². The van der Waals surface area contributed by atoms with Crippen LogP contribution in [0.2, 0.25) is 0 Å². The zero-order valence-corrected chi connectivity index (χ0v) is 14.8. The number of aryl methyl sites for hydroxylation is 2. The van der Waals surface area contributed by atoms with Gasteiger partial charge in [-0.05, 0) is 44.5 Å². The SMILES string of the molecule is Cc1ccc2[nH]c(CN3CCCC[C@H]3c3ccn(C)n3)cc(=O)c2c1. The van der Waals surface area contributed by atoms with Gasteiger partial charge in [-0.3, -0.25) is 14.4 Å². The zero-order chi connectivity index (χ0) is 17.4. The summed E-state index contributed by atoms with van der Waals surface area (Å²) < 4.78 is 1.86. The highest BCUT2D eigenvalue weighted by atomic mass is 16.1. The van der Waals surface area contributed by atoms with Gasteiger partial charge in [0.2, 0.25) is 0 Å². The quantitative estimate of drug-likeness (QED) is 0.798. The molecular formula is C20H24N4O. The predicted molar refractivity (Wildman–Crippen MR) is 99.5 cm³/mol. The van der Waals surface area contributed by atoms with E-state index in [-0.39, 0.29) is 5.43 Å². The largest absolute Gasteiger partial charge is 0.357 e. The Morgan fingerprint density at radius 2 is 2.12 bits per heavy atom. The van der Waals surface area contributed by atoms with E-state index in [2.05, 4.69) is 21.0 Å². The van der Waals surface area contributed by atoms with Crippen LogP contribution in [-0.2, 0) is 13.6 Å². The van der Waals surface area contributed by atoms with Crippen molar-refractivity contribution in [2.24, 2.45) is 7.05 Å². The molecule has 3 heterocycles. The third kappa shape index (κ3) is 3.24. The maximum Gasteiger partial charge on any atom is 0.189 e. The first-order chi connectivity index (χ1) is 12.1. The van der Waals surface area contributed by atoms with Crippen LogP contribution in [0.25, 0.3) is 10.9 Å². The van der Waals surface area contributed by atoms with Gasteiger partial charge in [0.15, 0.2) is 5.43 Å². The number of aromatic amines is 1. The minimum atomic E-state index is 0.0962. The van der Waals surface area contributed by atoms with Crippen molar-refractivity contribution in [3.05, 3.63) is 63.7 Å². The van der Waals surface area contributed by atoms with Gasteiger partial charge in [0.05, 0.1) is 11.7 Å². The molecule has 0 spiro atoms. The highest BCUT2D eigenvalue weighted by Gasteiger charge is 2.26. The molecule has 2 aromatic heterocycles. The van der Waals surface area contributed by atoms with Crippen molar-refractivity contribution in [1.82, 2.24) is 19.7 Å². The number of H-pyrrole nitrogens is 1. The van der Waals surface area contributed by atoms with Crippen molar-refractivity contribution < 1.29 is 0 Å². The fourth-order valence-electron chi connectivity index (χ4n) is 3.85. The Labute approximate surface area is 147 Å². The van der Waals surface area contributed by atoms with Crippen LogP contribution in [0.3, 0.4) is 0 Å². The van der Waals surface area contributed by atoms with Gasteiger partial charge in [-0.25, -0.2) is 0 Å². The Bertz CT molecular complexity index is 956. The Hall–Kier alpha value is -2.40. The van der Waals surface area contributed by atoms with E-state index in [0.29, 0.717) is 6.04 Å². The van der Waals surface area contributed by atoms with Gasteiger partial charge < -0.3 is 4.98 Å². The molecule has 25 heavy (non-hydrogen) atoms. The highest BCUT2D eigenvalue weighted by molar-refractivity contribution is 5.79. The molecule has 130 valence electrons. The second-order valence-electron chi connectivity index (χ2n) is 7.10. The summed E-state index contributed by atoms with van der Waals surface area (Å²) in [5, 5.41) is 5.37. The van der Waals surface area contributed by atoms with Crippen molar-refractivity contribution in [3.8, 4) is 0 Å². The molecule has 1 N–H and O–H groups in total. The monoisotopic (exact) mass is 336 g/mol. The number of aromatic nitrogens is 3. The number of piperidine rings is 1. The lowest BCUT2D eigenvalue weighted by atomic mass is 9.99. The van der Waals surface area contributed by atoms with Crippen molar-refractivity contribution in [1.29, 1.82) is 0 Å². The number of hydrogen-bond donors (Lipinski definition) is 1. The third-order valence-corrected chi connectivity index (χ3v) is 5.10. The van der Waals surface area contributed by atoms with Crippen LogP contribution in [0.1, 0.15) is 42.3 Å². The van der Waals surface area contributed by atoms with Gasteiger partial charge in [-0.15, -0.1) is 0 Å². The Kier molecular flexibility index (Phi) is 4.17. The summed E-state index contributed by atoms with van der Waals surface area (Å²) in [4.78, 5) is 18.4. The molecule has 0 aliphatic carbocycles. The standard InChI is InChI=1S/C20H24N4O/c1-14-6-7-17-16(11-14)20(25)12-15(21-17)13-24-9-4-3-5-19(24)18-8-10-23(2)22-18/h6-8,10-12,19H,3-5,9,13H2,1-2H3,(H,21,25)/t19-/m0/s1. The van der Waals surface area contributed by atoms with E-state index in [1.807, 2.05) is 43.0 Å². The predicted octanol–water partition coefficient (Wildman–Crippen LogP) is 3.30. The number of nitrogens with one attached hydrogen (secondary N) is 1.